The summed E-state index contributed by atoms with van der Waals surface area (Å²) in [4.78, 5) is 24.3. The van der Waals surface area contributed by atoms with Gasteiger partial charge < -0.3 is 14.8 Å². The summed E-state index contributed by atoms with van der Waals surface area (Å²) in [5.41, 5.74) is 0. The third kappa shape index (κ3) is 5.98. The lowest BCUT2D eigenvalue weighted by Crippen LogP contribution is -2.32. The van der Waals surface area contributed by atoms with Crippen LogP contribution in [0.1, 0.15) is 12.8 Å². The molecule has 0 aromatic heterocycles. The maximum absolute atomic E-state index is 11.6. The molecule has 1 N–H and O–H groups in total. The van der Waals surface area contributed by atoms with Crippen molar-refractivity contribution < 1.29 is 19.1 Å². The molecule has 22 heavy (non-hydrogen) atoms. The van der Waals surface area contributed by atoms with Gasteiger partial charge in [-0.3, -0.25) is 4.79 Å². The van der Waals surface area contributed by atoms with Crippen LogP contribution in [0.5, 0.6) is 0 Å². The zero-order valence-corrected chi connectivity index (χ0v) is 14.5. The Morgan fingerprint density at radius 1 is 1.36 bits per heavy atom. The molecule has 1 aliphatic rings. The Morgan fingerprint density at radius 2 is 2.14 bits per heavy atom. The number of benzene rings is 1. The van der Waals surface area contributed by atoms with Crippen molar-refractivity contribution >= 4 is 39.6 Å². The van der Waals surface area contributed by atoms with Crippen LogP contribution in [0.3, 0.4) is 0 Å². The number of halogens is 1. The topological polar surface area (TPSA) is 64.6 Å². The summed E-state index contributed by atoms with van der Waals surface area (Å²) < 4.78 is 11.2. The van der Waals surface area contributed by atoms with Gasteiger partial charge in [0, 0.05) is 28.3 Å². The van der Waals surface area contributed by atoms with E-state index in [0.29, 0.717) is 19.6 Å². The highest BCUT2D eigenvalue weighted by atomic mass is 79.9. The Bertz CT molecular complexity index is 503. The largest absolute Gasteiger partial charge is 0.454 e. The first-order valence-electron chi connectivity index (χ1n) is 7.08. The molecule has 120 valence electrons. The van der Waals surface area contributed by atoms with E-state index in [4.69, 9.17) is 9.47 Å². The zero-order valence-electron chi connectivity index (χ0n) is 12.0. The molecule has 0 unspecified atom stereocenters. The lowest BCUT2D eigenvalue weighted by atomic mass is 10.2. The number of amides is 1. The van der Waals surface area contributed by atoms with Crippen molar-refractivity contribution in [3.8, 4) is 0 Å². The lowest BCUT2D eigenvalue weighted by molar-refractivity contribution is -0.157. The van der Waals surface area contributed by atoms with Gasteiger partial charge in [0.05, 0.1) is 0 Å². The van der Waals surface area contributed by atoms with E-state index in [1.807, 2.05) is 24.3 Å². The molecule has 7 heteroatoms. The minimum Gasteiger partial charge on any atom is -0.454 e. The average molecular weight is 388 g/mol. The Balaban J connectivity index is 1.55. The summed E-state index contributed by atoms with van der Waals surface area (Å²) >= 11 is 5.04. The molecule has 1 amide bonds. The first-order chi connectivity index (χ1) is 10.6. The first kappa shape index (κ1) is 17.3. The Kier molecular flexibility index (Phi) is 7.21. The van der Waals surface area contributed by atoms with Gasteiger partial charge in [0.2, 0.25) is 0 Å². The molecule has 0 bridgehead atoms. The summed E-state index contributed by atoms with van der Waals surface area (Å²) in [6.45, 7) is 0.859. The first-order valence-corrected chi connectivity index (χ1v) is 8.86. The summed E-state index contributed by atoms with van der Waals surface area (Å²) in [6.07, 6.45) is 1.03. The van der Waals surface area contributed by atoms with Crippen LogP contribution in [0, 0.1) is 0 Å². The van der Waals surface area contributed by atoms with Crippen LogP contribution < -0.4 is 5.32 Å². The molecule has 0 radical (unpaired) electrons. The predicted molar refractivity (Wildman–Crippen MR) is 87.8 cm³/mol. The molecule has 0 spiro atoms. The van der Waals surface area contributed by atoms with Crippen LogP contribution in [0.15, 0.2) is 33.6 Å². The number of hydrogen-bond acceptors (Lipinski definition) is 5. The van der Waals surface area contributed by atoms with Crippen LogP contribution in [0.2, 0.25) is 0 Å². The van der Waals surface area contributed by atoms with Crippen LogP contribution in [0.25, 0.3) is 0 Å². The normalized spacial score (nSPS) is 17.2. The number of ether oxygens (including phenoxy) is 2. The van der Waals surface area contributed by atoms with E-state index in [-0.39, 0.29) is 12.5 Å². The molecule has 0 aliphatic carbocycles. The van der Waals surface area contributed by atoms with E-state index in [1.54, 1.807) is 11.8 Å². The molecule has 2 rings (SSSR count). The number of carbonyl (C=O) groups excluding carboxylic acids is 2. The molecule has 1 atom stereocenters. The molecule has 1 fully saturated rings. The van der Waals surface area contributed by atoms with Gasteiger partial charge in [-0.2, -0.15) is 0 Å². The van der Waals surface area contributed by atoms with Gasteiger partial charge in [-0.25, -0.2) is 4.79 Å². The van der Waals surface area contributed by atoms with Gasteiger partial charge in [-0.05, 0) is 37.1 Å². The van der Waals surface area contributed by atoms with Crippen molar-refractivity contribution in [3.05, 3.63) is 28.7 Å². The van der Waals surface area contributed by atoms with Gasteiger partial charge in [0.1, 0.15) is 0 Å². The van der Waals surface area contributed by atoms with E-state index < -0.39 is 12.1 Å². The fourth-order valence-corrected chi connectivity index (χ4v) is 2.97. The van der Waals surface area contributed by atoms with Crippen molar-refractivity contribution in [2.24, 2.45) is 0 Å². The van der Waals surface area contributed by atoms with Crippen molar-refractivity contribution in [1.82, 2.24) is 5.32 Å². The molecule has 1 aromatic carbocycles. The van der Waals surface area contributed by atoms with Crippen molar-refractivity contribution in [1.29, 1.82) is 0 Å². The second kappa shape index (κ2) is 9.17. The molecule has 1 aliphatic heterocycles. The summed E-state index contributed by atoms with van der Waals surface area (Å²) in [6, 6.07) is 7.98. The zero-order chi connectivity index (χ0) is 15.8. The molecule has 5 nitrogen and oxygen atoms in total. The highest BCUT2D eigenvalue weighted by Gasteiger charge is 2.25. The Labute approximate surface area is 142 Å². The van der Waals surface area contributed by atoms with Crippen LogP contribution in [-0.4, -0.2) is 43.5 Å². The Morgan fingerprint density at radius 3 is 2.82 bits per heavy atom. The molecule has 1 saturated heterocycles. The summed E-state index contributed by atoms with van der Waals surface area (Å²) in [5, 5.41) is 2.72. The number of hydrogen-bond donors (Lipinski definition) is 1. The van der Waals surface area contributed by atoms with Crippen molar-refractivity contribution in [2.75, 3.05) is 25.5 Å². The summed E-state index contributed by atoms with van der Waals surface area (Å²) in [5.74, 6) is 0.0206. The molecule has 0 saturated carbocycles. The fraction of sp³-hybridized carbons (Fsp3) is 0.467. The second-order valence-corrected chi connectivity index (χ2v) is 6.85. The van der Waals surface area contributed by atoms with Crippen molar-refractivity contribution in [3.63, 3.8) is 0 Å². The standard InChI is InChI=1S/C15H18BrNO4S/c16-11-3-5-12(6-4-11)22-9-7-17-14(18)10-21-15(19)13-2-1-8-20-13/h3-6,13H,1-2,7-10H2,(H,17,18)/t13-/m1/s1. The number of carbonyl (C=O) groups is 2. The molecule has 1 heterocycles. The number of esters is 1. The molecular formula is C15H18BrNO4S. The minimum atomic E-state index is -0.499. The van der Waals surface area contributed by atoms with Gasteiger partial charge in [0.15, 0.2) is 12.7 Å². The quantitative estimate of drug-likeness (QED) is 0.442. The average Bonchev–Trinajstić information content (AvgIpc) is 3.05. The second-order valence-electron chi connectivity index (χ2n) is 4.76. The maximum atomic E-state index is 11.6. The maximum Gasteiger partial charge on any atom is 0.335 e. The predicted octanol–water partition coefficient (Wildman–Crippen LogP) is 2.38. The van der Waals surface area contributed by atoms with Gasteiger partial charge >= 0.3 is 5.97 Å². The third-order valence-electron chi connectivity index (χ3n) is 3.04. The minimum absolute atomic E-state index is 0.248. The van der Waals surface area contributed by atoms with Crippen LogP contribution in [-0.2, 0) is 19.1 Å². The highest BCUT2D eigenvalue weighted by molar-refractivity contribution is 9.10. The highest BCUT2D eigenvalue weighted by Crippen LogP contribution is 2.19. The number of rotatable bonds is 7. The Hall–Kier alpha value is -1.05. The van der Waals surface area contributed by atoms with Crippen molar-refractivity contribution in [2.45, 2.75) is 23.8 Å². The number of thioether (sulfide) groups is 1. The molecule has 1 aromatic rings. The van der Waals surface area contributed by atoms with Gasteiger partial charge in [0.25, 0.3) is 5.91 Å². The third-order valence-corrected chi connectivity index (χ3v) is 4.59. The monoisotopic (exact) mass is 387 g/mol. The number of nitrogens with one attached hydrogen (secondary N) is 1. The van der Waals surface area contributed by atoms with E-state index in [0.717, 1.165) is 21.5 Å². The lowest BCUT2D eigenvalue weighted by Gasteiger charge is -2.09. The summed E-state index contributed by atoms with van der Waals surface area (Å²) in [7, 11) is 0. The van der Waals surface area contributed by atoms with Crippen LogP contribution in [0.4, 0.5) is 0 Å². The van der Waals surface area contributed by atoms with Gasteiger partial charge in [-0.15, -0.1) is 11.8 Å². The van der Waals surface area contributed by atoms with E-state index in [1.165, 1.54) is 0 Å². The SMILES string of the molecule is O=C(COC(=O)[C@H]1CCCO1)NCCSc1ccc(Br)cc1. The smallest absolute Gasteiger partial charge is 0.335 e. The van der Waals surface area contributed by atoms with Gasteiger partial charge in [-0.1, -0.05) is 15.9 Å². The van der Waals surface area contributed by atoms with E-state index in [2.05, 4.69) is 21.2 Å². The van der Waals surface area contributed by atoms with Crippen LogP contribution >= 0.6 is 27.7 Å². The molecular weight excluding hydrogens is 370 g/mol. The fourth-order valence-electron chi connectivity index (χ4n) is 1.93. The van der Waals surface area contributed by atoms with E-state index in [9.17, 15) is 9.59 Å². The van der Waals surface area contributed by atoms with E-state index >= 15 is 0 Å².